The lowest BCUT2D eigenvalue weighted by atomic mass is 9.90. The van der Waals surface area contributed by atoms with Crippen LogP contribution in [0, 0.1) is 11.3 Å². The molecule has 4 heteroatoms. The molecule has 4 nitrogen and oxygen atoms in total. The normalized spacial score (nSPS) is 21.5. The molecule has 1 aliphatic carbocycles. The fraction of sp³-hybridized carbons (Fsp3) is 0.400. The third-order valence-corrected chi connectivity index (χ3v) is 2.50. The van der Waals surface area contributed by atoms with E-state index in [1.165, 1.54) is 0 Å². The first-order chi connectivity index (χ1) is 6.72. The van der Waals surface area contributed by atoms with Gasteiger partial charge in [0.1, 0.15) is 11.8 Å². The Kier molecular flexibility index (Phi) is 2.01. The molecule has 0 bridgehead atoms. The van der Waals surface area contributed by atoms with Crippen LogP contribution in [0.1, 0.15) is 25.7 Å². The van der Waals surface area contributed by atoms with Crippen LogP contribution in [-0.4, -0.2) is 5.78 Å². The molecule has 1 aliphatic heterocycles. The molecule has 1 heterocycles. The second-order valence-corrected chi connectivity index (χ2v) is 3.41. The van der Waals surface area contributed by atoms with Crippen molar-refractivity contribution in [1.82, 2.24) is 0 Å². The van der Waals surface area contributed by atoms with Crippen LogP contribution in [0.3, 0.4) is 0 Å². The molecule has 0 saturated carbocycles. The van der Waals surface area contributed by atoms with E-state index >= 15 is 0 Å². The summed E-state index contributed by atoms with van der Waals surface area (Å²) in [6.07, 6.45) is 2.46. The van der Waals surface area contributed by atoms with E-state index in [2.05, 4.69) is 0 Å². The first-order valence-electron chi connectivity index (χ1n) is 4.54. The standard InChI is InChI=1S/C10H10N2O2/c11-5-6-4-7-8(13)2-1-3-9(7)14-10(6)12/h1-4,12H2. The Hall–Kier alpha value is -1.76. The smallest absolute Gasteiger partial charge is 0.204 e. The summed E-state index contributed by atoms with van der Waals surface area (Å²) in [5.41, 5.74) is 6.53. The topological polar surface area (TPSA) is 76.1 Å². The van der Waals surface area contributed by atoms with Crippen LogP contribution in [0.4, 0.5) is 0 Å². The number of carbonyl (C=O) groups is 1. The number of allylic oxidation sites excluding steroid dienone is 3. The minimum atomic E-state index is 0.0894. The van der Waals surface area contributed by atoms with Crippen LogP contribution < -0.4 is 5.73 Å². The number of hydrogen-bond acceptors (Lipinski definition) is 4. The highest BCUT2D eigenvalue weighted by Crippen LogP contribution is 2.32. The number of Topliss-reactive ketones (excluding diaryl/α,β-unsaturated/α-hetero) is 1. The first kappa shape index (κ1) is 8.82. The highest BCUT2D eigenvalue weighted by Gasteiger charge is 2.28. The minimum Gasteiger partial charge on any atom is -0.444 e. The van der Waals surface area contributed by atoms with E-state index in [1.807, 2.05) is 6.07 Å². The molecule has 0 saturated heterocycles. The Morgan fingerprint density at radius 1 is 1.43 bits per heavy atom. The molecule has 0 aromatic rings. The molecule has 72 valence electrons. The van der Waals surface area contributed by atoms with Gasteiger partial charge in [0.2, 0.25) is 5.88 Å². The van der Waals surface area contributed by atoms with Crippen molar-refractivity contribution >= 4 is 5.78 Å². The lowest BCUT2D eigenvalue weighted by molar-refractivity contribution is -0.116. The number of nitrogens with zero attached hydrogens (tertiary/aromatic N) is 1. The maximum atomic E-state index is 11.5. The predicted molar refractivity (Wildman–Crippen MR) is 48.4 cm³/mol. The summed E-state index contributed by atoms with van der Waals surface area (Å²) in [5, 5.41) is 8.74. The maximum Gasteiger partial charge on any atom is 0.204 e. The van der Waals surface area contributed by atoms with Crippen LogP contribution in [0.15, 0.2) is 22.8 Å². The zero-order valence-corrected chi connectivity index (χ0v) is 7.67. The Balaban J connectivity index is 2.33. The van der Waals surface area contributed by atoms with Gasteiger partial charge in [-0.05, 0) is 6.42 Å². The fourth-order valence-electron chi connectivity index (χ4n) is 1.73. The van der Waals surface area contributed by atoms with Gasteiger partial charge in [0.15, 0.2) is 5.78 Å². The van der Waals surface area contributed by atoms with Crippen LogP contribution in [0.5, 0.6) is 0 Å². The van der Waals surface area contributed by atoms with Gasteiger partial charge in [-0.3, -0.25) is 4.79 Å². The second kappa shape index (κ2) is 3.18. The van der Waals surface area contributed by atoms with Crippen molar-refractivity contribution in [3.8, 4) is 6.07 Å². The monoisotopic (exact) mass is 190 g/mol. The molecule has 0 atom stereocenters. The van der Waals surface area contributed by atoms with Crippen molar-refractivity contribution in [3.63, 3.8) is 0 Å². The Morgan fingerprint density at radius 2 is 2.21 bits per heavy atom. The van der Waals surface area contributed by atoms with E-state index in [9.17, 15) is 4.79 Å². The molecule has 0 spiro atoms. The van der Waals surface area contributed by atoms with Crippen molar-refractivity contribution in [3.05, 3.63) is 22.8 Å². The molecule has 0 radical (unpaired) electrons. The van der Waals surface area contributed by atoms with Crippen molar-refractivity contribution in [2.24, 2.45) is 5.73 Å². The van der Waals surface area contributed by atoms with Gasteiger partial charge in [0.25, 0.3) is 0 Å². The molecule has 0 unspecified atom stereocenters. The van der Waals surface area contributed by atoms with Gasteiger partial charge in [-0.15, -0.1) is 0 Å². The molecule has 0 aromatic heterocycles. The molecular formula is C10H10N2O2. The summed E-state index contributed by atoms with van der Waals surface area (Å²) < 4.78 is 5.26. The van der Waals surface area contributed by atoms with Crippen molar-refractivity contribution < 1.29 is 9.53 Å². The van der Waals surface area contributed by atoms with E-state index in [-0.39, 0.29) is 11.7 Å². The van der Waals surface area contributed by atoms with Gasteiger partial charge in [-0.1, -0.05) is 0 Å². The van der Waals surface area contributed by atoms with Crippen LogP contribution in [-0.2, 0) is 9.53 Å². The van der Waals surface area contributed by atoms with Crippen molar-refractivity contribution in [2.45, 2.75) is 25.7 Å². The van der Waals surface area contributed by atoms with E-state index in [0.717, 1.165) is 12.8 Å². The fourth-order valence-corrected chi connectivity index (χ4v) is 1.73. The summed E-state index contributed by atoms with van der Waals surface area (Å²) in [6, 6.07) is 1.95. The number of rotatable bonds is 0. The third-order valence-electron chi connectivity index (χ3n) is 2.50. The summed E-state index contributed by atoms with van der Waals surface area (Å²) >= 11 is 0. The molecule has 14 heavy (non-hydrogen) atoms. The Morgan fingerprint density at radius 3 is 2.93 bits per heavy atom. The Labute approximate surface area is 81.6 Å². The molecule has 2 aliphatic rings. The molecule has 0 amide bonds. The lowest BCUT2D eigenvalue weighted by Crippen LogP contribution is -2.21. The summed E-state index contributed by atoms with van der Waals surface area (Å²) in [5.74, 6) is 0.908. The minimum absolute atomic E-state index is 0.0894. The van der Waals surface area contributed by atoms with Gasteiger partial charge in [-0.2, -0.15) is 5.26 Å². The van der Waals surface area contributed by atoms with Gasteiger partial charge in [0, 0.05) is 24.8 Å². The summed E-state index contributed by atoms with van der Waals surface area (Å²) in [4.78, 5) is 11.5. The average molecular weight is 190 g/mol. The number of ketones is 1. The van der Waals surface area contributed by atoms with E-state index in [0.29, 0.717) is 29.7 Å². The average Bonchev–Trinajstić information content (AvgIpc) is 2.17. The van der Waals surface area contributed by atoms with Gasteiger partial charge in [-0.25, -0.2) is 0 Å². The summed E-state index contributed by atoms with van der Waals surface area (Å²) in [6.45, 7) is 0. The quantitative estimate of drug-likeness (QED) is 0.620. The van der Waals surface area contributed by atoms with Gasteiger partial charge < -0.3 is 10.5 Å². The molecular weight excluding hydrogens is 180 g/mol. The summed E-state index contributed by atoms with van der Waals surface area (Å²) in [7, 11) is 0. The third kappa shape index (κ3) is 1.27. The second-order valence-electron chi connectivity index (χ2n) is 3.41. The predicted octanol–water partition coefficient (Wildman–Crippen LogP) is 1.11. The van der Waals surface area contributed by atoms with Crippen LogP contribution >= 0.6 is 0 Å². The first-order valence-corrected chi connectivity index (χ1v) is 4.54. The number of nitrogens with two attached hydrogens (primary N) is 1. The van der Waals surface area contributed by atoms with Crippen molar-refractivity contribution in [1.29, 1.82) is 5.26 Å². The number of hydrogen-bond donors (Lipinski definition) is 1. The largest absolute Gasteiger partial charge is 0.444 e. The maximum absolute atomic E-state index is 11.5. The van der Waals surface area contributed by atoms with E-state index in [1.54, 1.807) is 0 Å². The van der Waals surface area contributed by atoms with Crippen LogP contribution in [0.25, 0.3) is 0 Å². The molecule has 0 aromatic carbocycles. The van der Waals surface area contributed by atoms with Crippen molar-refractivity contribution in [2.75, 3.05) is 0 Å². The van der Waals surface area contributed by atoms with Crippen LogP contribution in [0.2, 0.25) is 0 Å². The molecule has 0 fully saturated rings. The highest BCUT2D eigenvalue weighted by molar-refractivity contribution is 5.97. The molecule has 2 N–H and O–H groups in total. The zero-order valence-electron chi connectivity index (χ0n) is 7.67. The van der Waals surface area contributed by atoms with Gasteiger partial charge in [0.05, 0.1) is 5.57 Å². The van der Waals surface area contributed by atoms with E-state index in [4.69, 9.17) is 15.7 Å². The number of ether oxygens (including phenoxy) is 1. The SMILES string of the molecule is N#CC1=C(N)OC2=C(C1)C(=O)CCC2. The highest BCUT2D eigenvalue weighted by atomic mass is 16.5. The van der Waals surface area contributed by atoms with Gasteiger partial charge >= 0.3 is 0 Å². The molecule has 2 rings (SSSR count). The zero-order chi connectivity index (χ0) is 10.1. The lowest BCUT2D eigenvalue weighted by Gasteiger charge is -2.23. The number of carbonyl (C=O) groups excluding carboxylic acids is 1. The Bertz CT molecular complexity index is 399. The van der Waals surface area contributed by atoms with E-state index < -0.39 is 0 Å². The number of nitriles is 1.